The van der Waals surface area contributed by atoms with Gasteiger partial charge in [-0.05, 0) is 45.2 Å². The lowest BCUT2D eigenvalue weighted by atomic mass is 10.1. The predicted molar refractivity (Wildman–Crippen MR) is 70.6 cm³/mol. The van der Waals surface area contributed by atoms with Gasteiger partial charge in [-0.1, -0.05) is 0 Å². The summed E-state index contributed by atoms with van der Waals surface area (Å²) in [5.74, 6) is -0.270. The van der Waals surface area contributed by atoms with E-state index >= 15 is 0 Å². The molecule has 0 saturated carbocycles. The Kier molecular flexibility index (Phi) is 5.60. The van der Waals surface area contributed by atoms with Crippen LogP contribution in [0.5, 0.6) is 0 Å². The van der Waals surface area contributed by atoms with Crippen LogP contribution in [0.25, 0.3) is 0 Å². The highest BCUT2D eigenvalue weighted by Gasteiger charge is 2.23. The van der Waals surface area contributed by atoms with Gasteiger partial charge >= 0.3 is 0 Å². The molecule has 0 aromatic carbocycles. The summed E-state index contributed by atoms with van der Waals surface area (Å²) < 4.78 is 5.57. The van der Waals surface area contributed by atoms with E-state index in [-0.39, 0.29) is 24.5 Å². The Balaban J connectivity index is 1.69. The Hall–Kier alpha value is -1.14. The first-order chi connectivity index (χ1) is 9.25. The monoisotopic (exact) mass is 269 g/mol. The molecule has 2 aliphatic rings. The maximum Gasteiger partial charge on any atom is 0.246 e. The zero-order chi connectivity index (χ0) is 13.5. The van der Waals surface area contributed by atoms with E-state index in [9.17, 15) is 9.59 Å². The fourth-order valence-electron chi connectivity index (χ4n) is 2.47. The van der Waals surface area contributed by atoms with E-state index in [0.29, 0.717) is 13.0 Å². The summed E-state index contributed by atoms with van der Waals surface area (Å²) in [4.78, 5) is 23.5. The number of nitrogens with one attached hydrogen (secondary N) is 3. The number of carbonyl (C=O) groups is 2. The molecule has 2 rings (SSSR count). The smallest absolute Gasteiger partial charge is 0.246 e. The maximum atomic E-state index is 11.8. The molecule has 0 aliphatic carbocycles. The first kappa shape index (κ1) is 14.3. The van der Waals surface area contributed by atoms with Crippen LogP contribution in [-0.4, -0.2) is 50.2 Å². The van der Waals surface area contributed by atoms with E-state index < -0.39 is 6.04 Å². The van der Waals surface area contributed by atoms with Crippen molar-refractivity contribution in [2.75, 3.05) is 26.2 Å². The van der Waals surface area contributed by atoms with Gasteiger partial charge in [-0.15, -0.1) is 0 Å². The summed E-state index contributed by atoms with van der Waals surface area (Å²) in [6.45, 7) is 2.64. The van der Waals surface area contributed by atoms with E-state index in [1.807, 2.05) is 0 Å². The first-order valence-corrected chi connectivity index (χ1v) is 7.15. The lowest BCUT2D eigenvalue weighted by molar-refractivity contribution is -0.133. The second-order valence-electron chi connectivity index (χ2n) is 5.17. The molecule has 2 fully saturated rings. The normalized spacial score (nSPS) is 25.5. The van der Waals surface area contributed by atoms with Gasteiger partial charge in [-0.2, -0.15) is 0 Å². The molecular formula is C13H23N3O3. The molecule has 0 aromatic rings. The third-order valence-corrected chi connectivity index (χ3v) is 3.61. The molecule has 2 amide bonds. The Morgan fingerprint density at radius 3 is 2.79 bits per heavy atom. The van der Waals surface area contributed by atoms with E-state index in [1.54, 1.807) is 0 Å². The molecule has 1 unspecified atom stereocenters. The first-order valence-electron chi connectivity index (χ1n) is 7.15. The van der Waals surface area contributed by atoms with Crippen LogP contribution in [-0.2, 0) is 14.3 Å². The highest BCUT2D eigenvalue weighted by molar-refractivity contribution is 5.88. The lowest BCUT2D eigenvalue weighted by Gasteiger charge is -2.23. The molecule has 0 aromatic heterocycles. The molecule has 0 radical (unpaired) electrons. The van der Waals surface area contributed by atoms with Crippen LogP contribution < -0.4 is 16.0 Å². The summed E-state index contributed by atoms with van der Waals surface area (Å²) in [5.41, 5.74) is 0. The average Bonchev–Trinajstić information content (AvgIpc) is 2.63. The highest BCUT2D eigenvalue weighted by Crippen LogP contribution is 2.08. The van der Waals surface area contributed by atoms with Crippen LogP contribution in [0.4, 0.5) is 0 Å². The topological polar surface area (TPSA) is 79.5 Å². The SMILES string of the molecule is O=C(COC1CCNCC1)NC1CCCCNC1=O. The van der Waals surface area contributed by atoms with Gasteiger partial charge in [-0.3, -0.25) is 9.59 Å². The van der Waals surface area contributed by atoms with Gasteiger partial charge in [0.25, 0.3) is 0 Å². The van der Waals surface area contributed by atoms with Gasteiger partial charge in [0.1, 0.15) is 12.6 Å². The van der Waals surface area contributed by atoms with Crippen molar-refractivity contribution in [1.82, 2.24) is 16.0 Å². The minimum Gasteiger partial charge on any atom is -0.368 e. The minimum absolute atomic E-state index is 0.0500. The Labute approximate surface area is 113 Å². The molecule has 0 spiro atoms. The van der Waals surface area contributed by atoms with Crippen molar-refractivity contribution < 1.29 is 14.3 Å². The fourth-order valence-corrected chi connectivity index (χ4v) is 2.47. The van der Waals surface area contributed by atoms with Gasteiger partial charge in [0.15, 0.2) is 0 Å². The summed E-state index contributed by atoms with van der Waals surface area (Å²) in [7, 11) is 0. The van der Waals surface area contributed by atoms with Crippen LogP contribution in [0.15, 0.2) is 0 Å². The third kappa shape index (κ3) is 4.80. The van der Waals surface area contributed by atoms with Crippen LogP contribution >= 0.6 is 0 Å². The third-order valence-electron chi connectivity index (χ3n) is 3.61. The number of hydrogen-bond acceptors (Lipinski definition) is 4. The zero-order valence-corrected chi connectivity index (χ0v) is 11.2. The Morgan fingerprint density at radius 2 is 2.00 bits per heavy atom. The molecular weight excluding hydrogens is 246 g/mol. The molecule has 0 bridgehead atoms. The van der Waals surface area contributed by atoms with Crippen LogP contribution in [0.3, 0.4) is 0 Å². The van der Waals surface area contributed by atoms with Crippen molar-refractivity contribution in [3.63, 3.8) is 0 Å². The number of hydrogen-bond donors (Lipinski definition) is 3. The molecule has 2 heterocycles. The molecule has 3 N–H and O–H groups in total. The highest BCUT2D eigenvalue weighted by atomic mass is 16.5. The largest absolute Gasteiger partial charge is 0.368 e. The van der Waals surface area contributed by atoms with E-state index in [1.165, 1.54) is 0 Å². The van der Waals surface area contributed by atoms with Gasteiger partial charge in [0, 0.05) is 6.54 Å². The number of ether oxygens (including phenoxy) is 1. The molecule has 6 heteroatoms. The van der Waals surface area contributed by atoms with E-state index in [4.69, 9.17) is 4.74 Å². The lowest BCUT2D eigenvalue weighted by Crippen LogP contribution is -2.47. The summed E-state index contributed by atoms with van der Waals surface area (Å²) in [5, 5.41) is 8.81. The molecule has 108 valence electrons. The van der Waals surface area contributed by atoms with Gasteiger partial charge < -0.3 is 20.7 Å². The average molecular weight is 269 g/mol. The van der Waals surface area contributed by atoms with Gasteiger partial charge in [0.05, 0.1) is 6.10 Å². The second-order valence-corrected chi connectivity index (χ2v) is 5.17. The number of carbonyl (C=O) groups excluding carboxylic acids is 2. The van der Waals surface area contributed by atoms with Crippen molar-refractivity contribution in [1.29, 1.82) is 0 Å². The van der Waals surface area contributed by atoms with Gasteiger partial charge in [0.2, 0.25) is 11.8 Å². The van der Waals surface area contributed by atoms with E-state index in [0.717, 1.165) is 38.8 Å². The minimum atomic E-state index is -0.397. The molecule has 2 aliphatic heterocycles. The van der Waals surface area contributed by atoms with Crippen molar-refractivity contribution in [2.24, 2.45) is 0 Å². The molecule has 2 saturated heterocycles. The number of amides is 2. The van der Waals surface area contributed by atoms with Gasteiger partial charge in [-0.25, -0.2) is 0 Å². The quantitative estimate of drug-likeness (QED) is 0.645. The number of piperidine rings is 1. The zero-order valence-electron chi connectivity index (χ0n) is 11.2. The summed E-state index contributed by atoms with van der Waals surface area (Å²) in [6, 6.07) is -0.397. The summed E-state index contributed by atoms with van der Waals surface area (Å²) >= 11 is 0. The molecule has 19 heavy (non-hydrogen) atoms. The van der Waals surface area contributed by atoms with Crippen LogP contribution in [0, 0.1) is 0 Å². The van der Waals surface area contributed by atoms with Crippen molar-refractivity contribution in [3.05, 3.63) is 0 Å². The summed E-state index contributed by atoms with van der Waals surface area (Å²) in [6.07, 6.45) is 4.69. The fraction of sp³-hybridized carbons (Fsp3) is 0.846. The van der Waals surface area contributed by atoms with Crippen LogP contribution in [0.1, 0.15) is 32.1 Å². The molecule has 6 nitrogen and oxygen atoms in total. The molecule has 1 atom stereocenters. The Morgan fingerprint density at radius 1 is 1.21 bits per heavy atom. The maximum absolute atomic E-state index is 11.8. The second kappa shape index (κ2) is 7.45. The van der Waals surface area contributed by atoms with Crippen molar-refractivity contribution >= 4 is 11.8 Å². The number of rotatable bonds is 4. The van der Waals surface area contributed by atoms with Crippen molar-refractivity contribution in [3.8, 4) is 0 Å². The standard InChI is InChI=1S/C13H23N3O3/c17-12(9-19-10-4-7-14-8-5-10)16-11-3-1-2-6-15-13(11)18/h10-11,14H,1-9H2,(H,15,18)(H,16,17). The van der Waals surface area contributed by atoms with Crippen molar-refractivity contribution in [2.45, 2.75) is 44.2 Å². The Bertz CT molecular complexity index is 316. The van der Waals surface area contributed by atoms with Crippen LogP contribution in [0.2, 0.25) is 0 Å². The van der Waals surface area contributed by atoms with E-state index in [2.05, 4.69) is 16.0 Å². The predicted octanol–water partition coefficient (Wildman–Crippen LogP) is -0.460.